The molecular formula is C10H18IN3O. The normalized spacial score (nSPS) is 15.8. The molecule has 0 radical (unpaired) electrons. The molecule has 86 valence electrons. The van der Waals surface area contributed by atoms with Gasteiger partial charge in [-0.15, -0.1) is 10.2 Å². The second kappa shape index (κ2) is 5.25. The second-order valence-corrected chi connectivity index (χ2v) is 4.47. The average molecular weight is 323 g/mol. The van der Waals surface area contributed by atoms with Crippen LogP contribution >= 0.6 is 22.6 Å². The van der Waals surface area contributed by atoms with E-state index >= 15 is 0 Å². The van der Waals surface area contributed by atoms with Gasteiger partial charge in [-0.1, -0.05) is 22.6 Å². The van der Waals surface area contributed by atoms with Crippen molar-refractivity contribution in [3.05, 3.63) is 11.8 Å². The summed E-state index contributed by atoms with van der Waals surface area (Å²) < 4.78 is 5.48. The number of rotatable bonds is 3. The van der Waals surface area contributed by atoms with Crippen LogP contribution in [0.4, 0.5) is 0 Å². The molecular weight excluding hydrogens is 305 g/mol. The van der Waals surface area contributed by atoms with Crippen molar-refractivity contribution in [1.82, 2.24) is 10.2 Å². The van der Waals surface area contributed by atoms with Gasteiger partial charge in [-0.25, -0.2) is 0 Å². The van der Waals surface area contributed by atoms with Crippen LogP contribution in [0.15, 0.2) is 4.42 Å². The van der Waals surface area contributed by atoms with Crippen molar-refractivity contribution >= 4 is 22.6 Å². The first kappa shape index (κ1) is 12.9. The number of aromatic nitrogens is 2. The summed E-state index contributed by atoms with van der Waals surface area (Å²) in [7, 11) is 0. The van der Waals surface area contributed by atoms with Crippen LogP contribution in [0.1, 0.15) is 44.4 Å². The Bertz CT molecular complexity index is 302. The van der Waals surface area contributed by atoms with Crippen LogP contribution in [0.25, 0.3) is 0 Å². The third-order valence-corrected chi connectivity index (χ3v) is 2.02. The van der Waals surface area contributed by atoms with Crippen molar-refractivity contribution in [2.24, 2.45) is 5.73 Å². The topological polar surface area (TPSA) is 64.9 Å². The van der Waals surface area contributed by atoms with E-state index in [-0.39, 0.29) is 5.54 Å². The third kappa shape index (κ3) is 4.46. The van der Waals surface area contributed by atoms with Crippen molar-refractivity contribution in [1.29, 1.82) is 0 Å². The van der Waals surface area contributed by atoms with Crippen molar-refractivity contribution in [2.75, 3.05) is 4.93 Å². The van der Waals surface area contributed by atoms with Crippen LogP contribution < -0.4 is 5.73 Å². The summed E-state index contributed by atoms with van der Waals surface area (Å²) in [4.78, 5) is 1.97. The molecule has 4 nitrogen and oxygen atoms in total. The summed E-state index contributed by atoms with van der Waals surface area (Å²) in [6.45, 7) is 3.90. The van der Waals surface area contributed by atoms with Gasteiger partial charge in [0.05, 0.1) is 0 Å². The molecule has 1 aromatic heterocycles. The Kier molecular flexibility index (Phi) is 4.51. The quantitative estimate of drug-likeness (QED) is 0.685. The molecule has 0 aliphatic heterocycles. The molecule has 0 amide bonds. The van der Waals surface area contributed by atoms with Crippen LogP contribution in [0.2, 0.25) is 0 Å². The lowest BCUT2D eigenvalue weighted by molar-refractivity contribution is 0.399. The average Bonchev–Trinajstić information content (AvgIpc) is 2.90. The van der Waals surface area contributed by atoms with E-state index in [1.54, 1.807) is 0 Å². The van der Waals surface area contributed by atoms with Crippen molar-refractivity contribution < 1.29 is 4.42 Å². The van der Waals surface area contributed by atoms with E-state index in [1.165, 1.54) is 12.8 Å². The van der Waals surface area contributed by atoms with Crippen LogP contribution in [-0.4, -0.2) is 20.7 Å². The highest BCUT2D eigenvalue weighted by Crippen LogP contribution is 2.39. The second-order valence-electron chi connectivity index (χ2n) is 4.47. The van der Waals surface area contributed by atoms with Crippen molar-refractivity contribution in [3.63, 3.8) is 0 Å². The predicted octanol–water partition coefficient (Wildman–Crippen LogP) is 2.28. The minimum atomic E-state index is -0.270. The maximum Gasteiger partial charge on any atom is 0.219 e. The van der Waals surface area contributed by atoms with Gasteiger partial charge in [-0.3, -0.25) is 0 Å². The predicted molar refractivity (Wildman–Crippen MR) is 68.2 cm³/mol. The van der Waals surface area contributed by atoms with Gasteiger partial charge >= 0.3 is 0 Å². The van der Waals surface area contributed by atoms with Crippen LogP contribution in [0.5, 0.6) is 0 Å². The summed E-state index contributed by atoms with van der Waals surface area (Å²) >= 11 is 2.15. The fraction of sp³-hybridized carbons (Fsp3) is 0.800. The standard InChI is InChI=1S/C9H15N3O.CH3I/c1-9(2,10)5-7-11-12-8(13-7)6-3-4-6;1-2/h6H,3-5,10H2,1-2H3;1H3. The maximum atomic E-state index is 5.84. The van der Waals surface area contributed by atoms with Crippen molar-refractivity contribution in [3.8, 4) is 0 Å². The summed E-state index contributed by atoms with van der Waals surface area (Å²) in [6, 6.07) is 0. The number of nitrogens with zero attached hydrogens (tertiary/aromatic N) is 2. The number of alkyl halides is 1. The molecule has 1 aliphatic rings. The molecule has 15 heavy (non-hydrogen) atoms. The SMILES string of the molecule is CC(C)(N)Cc1nnc(C2CC2)o1.CI. The Morgan fingerprint density at radius 2 is 2.00 bits per heavy atom. The van der Waals surface area contributed by atoms with Gasteiger partial charge < -0.3 is 10.2 Å². The van der Waals surface area contributed by atoms with Gasteiger partial charge in [0.2, 0.25) is 11.8 Å². The van der Waals surface area contributed by atoms with Crippen LogP contribution in [-0.2, 0) is 6.42 Å². The first-order valence-electron chi connectivity index (χ1n) is 5.03. The lowest BCUT2D eigenvalue weighted by Crippen LogP contribution is -2.34. The van der Waals surface area contributed by atoms with Gasteiger partial charge in [-0.2, -0.15) is 0 Å². The van der Waals surface area contributed by atoms with E-state index in [0.717, 1.165) is 5.89 Å². The molecule has 2 rings (SSSR count). The van der Waals surface area contributed by atoms with E-state index in [1.807, 2.05) is 18.8 Å². The highest BCUT2D eigenvalue weighted by molar-refractivity contribution is 14.1. The Hall–Kier alpha value is -0.170. The Morgan fingerprint density at radius 1 is 1.40 bits per heavy atom. The zero-order valence-electron chi connectivity index (χ0n) is 9.46. The zero-order valence-corrected chi connectivity index (χ0v) is 11.6. The summed E-state index contributed by atoms with van der Waals surface area (Å²) in [5.41, 5.74) is 5.57. The minimum Gasteiger partial charge on any atom is -0.425 e. The fourth-order valence-electron chi connectivity index (χ4n) is 1.22. The highest BCUT2D eigenvalue weighted by Gasteiger charge is 2.29. The zero-order chi connectivity index (χ0) is 11.5. The molecule has 0 aromatic carbocycles. The Labute approximate surface area is 104 Å². The Balaban J connectivity index is 0.000000531. The fourth-order valence-corrected chi connectivity index (χ4v) is 1.22. The molecule has 1 heterocycles. The first-order chi connectivity index (χ1) is 7.04. The van der Waals surface area contributed by atoms with Gasteiger partial charge in [0.25, 0.3) is 0 Å². The third-order valence-electron chi connectivity index (χ3n) is 2.02. The monoisotopic (exact) mass is 323 g/mol. The molecule has 1 saturated carbocycles. The van der Waals surface area contributed by atoms with E-state index in [4.69, 9.17) is 10.2 Å². The molecule has 5 heteroatoms. The molecule has 0 saturated heterocycles. The van der Waals surface area contributed by atoms with Crippen LogP contribution in [0, 0.1) is 0 Å². The molecule has 0 spiro atoms. The summed E-state index contributed by atoms with van der Waals surface area (Å²) in [5.74, 6) is 1.98. The van der Waals surface area contributed by atoms with E-state index in [2.05, 4.69) is 32.8 Å². The summed E-state index contributed by atoms with van der Waals surface area (Å²) in [6.07, 6.45) is 3.02. The van der Waals surface area contributed by atoms with Crippen LogP contribution in [0.3, 0.4) is 0 Å². The van der Waals surface area contributed by atoms with Gasteiger partial charge in [0.15, 0.2) is 0 Å². The molecule has 1 aromatic rings. The van der Waals surface area contributed by atoms with Gasteiger partial charge in [0.1, 0.15) is 0 Å². The first-order valence-corrected chi connectivity index (χ1v) is 7.19. The largest absolute Gasteiger partial charge is 0.425 e. The van der Waals surface area contributed by atoms with E-state index in [0.29, 0.717) is 18.2 Å². The Morgan fingerprint density at radius 3 is 2.47 bits per heavy atom. The number of halogens is 1. The van der Waals surface area contributed by atoms with E-state index in [9.17, 15) is 0 Å². The molecule has 1 fully saturated rings. The lowest BCUT2D eigenvalue weighted by Gasteiger charge is -2.14. The van der Waals surface area contributed by atoms with Gasteiger partial charge in [-0.05, 0) is 31.6 Å². The highest BCUT2D eigenvalue weighted by atomic mass is 127. The van der Waals surface area contributed by atoms with E-state index < -0.39 is 0 Å². The maximum absolute atomic E-state index is 5.84. The number of hydrogen-bond acceptors (Lipinski definition) is 4. The molecule has 0 unspecified atom stereocenters. The lowest BCUT2D eigenvalue weighted by atomic mass is 10.0. The number of nitrogens with two attached hydrogens (primary N) is 1. The number of hydrogen-bond donors (Lipinski definition) is 1. The smallest absolute Gasteiger partial charge is 0.219 e. The summed E-state index contributed by atoms with van der Waals surface area (Å²) in [5, 5.41) is 7.96. The molecule has 1 aliphatic carbocycles. The molecule has 2 N–H and O–H groups in total. The molecule has 0 atom stereocenters. The van der Waals surface area contributed by atoms with Gasteiger partial charge in [0, 0.05) is 17.9 Å². The molecule has 0 bridgehead atoms. The minimum absolute atomic E-state index is 0.270. The van der Waals surface area contributed by atoms with Crippen molar-refractivity contribution in [2.45, 2.75) is 44.6 Å².